The SMILES string of the molecule is CC(c1nc(CC2CCC(F)(F)CC2)no1)S(C)(=O)=O. The van der Waals surface area contributed by atoms with E-state index in [4.69, 9.17) is 4.52 Å². The van der Waals surface area contributed by atoms with Crippen LogP contribution < -0.4 is 0 Å². The van der Waals surface area contributed by atoms with Crippen LogP contribution in [0, 0.1) is 5.92 Å². The summed E-state index contributed by atoms with van der Waals surface area (Å²) in [5.41, 5.74) is 0. The van der Waals surface area contributed by atoms with Crippen molar-refractivity contribution in [2.24, 2.45) is 5.92 Å². The smallest absolute Gasteiger partial charge is 0.248 e. The van der Waals surface area contributed by atoms with Gasteiger partial charge >= 0.3 is 0 Å². The van der Waals surface area contributed by atoms with Gasteiger partial charge in [-0.05, 0) is 25.7 Å². The lowest BCUT2D eigenvalue weighted by molar-refractivity contribution is -0.0458. The molecule has 1 aromatic heterocycles. The first-order valence-corrected chi connectivity index (χ1v) is 8.52. The molecule has 5 nitrogen and oxygen atoms in total. The molecule has 1 aromatic rings. The summed E-state index contributed by atoms with van der Waals surface area (Å²) in [7, 11) is -3.29. The van der Waals surface area contributed by atoms with Gasteiger partial charge in [-0.15, -0.1) is 0 Å². The predicted molar refractivity (Wildman–Crippen MR) is 68.2 cm³/mol. The summed E-state index contributed by atoms with van der Waals surface area (Å²) in [5.74, 6) is -1.99. The molecule has 114 valence electrons. The van der Waals surface area contributed by atoms with Gasteiger partial charge in [-0.2, -0.15) is 4.98 Å². The highest BCUT2D eigenvalue weighted by atomic mass is 32.2. The second kappa shape index (κ2) is 5.38. The molecule has 1 heterocycles. The summed E-state index contributed by atoms with van der Waals surface area (Å²) >= 11 is 0. The van der Waals surface area contributed by atoms with Crippen molar-refractivity contribution in [3.63, 3.8) is 0 Å². The zero-order valence-corrected chi connectivity index (χ0v) is 12.3. The molecule has 0 saturated heterocycles. The highest BCUT2D eigenvalue weighted by Gasteiger charge is 2.35. The van der Waals surface area contributed by atoms with Gasteiger partial charge in [0, 0.05) is 25.5 Å². The minimum absolute atomic E-state index is 0.0589. The van der Waals surface area contributed by atoms with Gasteiger partial charge in [-0.25, -0.2) is 17.2 Å². The van der Waals surface area contributed by atoms with Crippen LogP contribution in [0.3, 0.4) is 0 Å². The average Bonchev–Trinajstić information content (AvgIpc) is 2.78. The van der Waals surface area contributed by atoms with E-state index in [9.17, 15) is 17.2 Å². The lowest BCUT2D eigenvalue weighted by Gasteiger charge is -2.27. The van der Waals surface area contributed by atoms with Crippen LogP contribution >= 0.6 is 0 Å². The first-order chi connectivity index (χ1) is 9.17. The molecule has 1 aliphatic carbocycles. The largest absolute Gasteiger partial charge is 0.338 e. The maximum absolute atomic E-state index is 13.0. The van der Waals surface area contributed by atoms with Gasteiger partial charge in [0.15, 0.2) is 15.7 Å². The van der Waals surface area contributed by atoms with E-state index >= 15 is 0 Å². The predicted octanol–water partition coefficient (Wildman–Crippen LogP) is 2.54. The molecule has 1 atom stereocenters. The molecular formula is C12H18F2N2O3S. The molecule has 8 heteroatoms. The van der Waals surface area contributed by atoms with E-state index < -0.39 is 21.0 Å². The van der Waals surface area contributed by atoms with E-state index in [-0.39, 0.29) is 24.7 Å². The van der Waals surface area contributed by atoms with Gasteiger partial charge in [0.2, 0.25) is 11.8 Å². The molecule has 0 aliphatic heterocycles. The second-order valence-electron chi connectivity index (χ2n) is 5.52. The minimum Gasteiger partial charge on any atom is -0.338 e. The van der Waals surface area contributed by atoms with Crippen LogP contribution in [0.5, 0.6) is 0 Å². The van der Waals surface area contributed by atoms with Gasteiger partial charge in [-0.3, -0.25) is 0 Å². The Morgan fingerprint density at radius 2 is 2.00 bits per heavy atom. The molecule has 0 amide bonds. The van der Waals surface area contributed by atoms with Crippen LogP contribution in [0.15, 0.2) is 4.52 Å². The quantitative estimate of drug-likeness (QED) is 0.854. The number of alkyl halides is 2. The van der Waals surface area contributed by atoms with Crippen LogP contribution in [0.2, 0.25) is 0 Å². The van der Waals surface area contributed by atoms with Gasteiger partial charge in [0.25, 0.3) is 0 Å². The van der Waals surface area contributed by atoms with Gasteiger partial charge in [0.1, 0.15) is 5.25 Å². The van der Waals surface area contributed by atoms with Gasteiger partial charge in [-0.1, -0.05) is 5.16 Å². The maximum Gasteiger partial charge on any atom is 0.248 e. The number of hydrogen-bond acceptors (Lipinski definition) is 5. The average molecular weight is 308 g/mol. The van der Waals surface area contributed by atoms with Crippen molar-refractivity contribution in [2.45, 2.75) is 50.2 Å². The van der Waals surface area contributed by atoms with Crippen molar-refractivity contribution in [2.75, 3.05) is 6.26 Å². The summed E-state index contributed by atoms with van der Waals surface area (Å²) < 4.78 is 53.8. The summed E-state index contributed by atoms with van der Waals surface area (Å²) in [6, 6.07) is 0. The van der Waals surface area contributed by atoms with Crippen molar-refractivity contribution < 1.29 is 21.7 Å². The third-order valence-electron chi connectivity index (χ3n) is 3.78. The molecule has 1 saturated carbocycles. The van der Waals surface area contributed by atoms with E-state index in [2.05, 4.69) is 10.1 Å². The molecule has 2 rings (SSSR count). The van der Waals surface area contributed by atoms with E-state index in [1.165, 1.54) is 6.92 Å². The summed E-state index contributed by atoms with van der Waals surface area (Å²) in [6.45, 7) is 1.48. The Bertz CT molecular complexity index is 561. The third-order valence-corrected chi connectivity index (χ3v) is 5.27. The molecule has 1 aliphatic rings. The van der Waals surface area contributed by atoms with Crippen molar-refractivity contribution in [3.05, 3.63) is 11.7 Å². The van der Waals surface area contributed by atoms with Crippen LogP contribution in [0.1, 0.15) is 49.6 Å². The minimum atomic E-state index is -3.29. The molecule has 0 aromatic carbocycles. The normalized spacial score (nSPS) is 21.8. The Hall–Kier alpha value is -1.05. The first-order valence-electron chi connectivity index (χ1n) is 6.56. The first kappa shape index (κ1) is 15.3. The number of nitrogens with zero attached hydrogens (tertiary/aromatic N) is 2. The Labute approximate surface area is 116 Å². The fraction of sp³-hybridized carbons (Fsp3) is 0.833. The number of hydrogen-bond donors (Lipinski definition) is 0. The fourth-order valence-corrected chi connectivity index (χ4v) is 2.72. The monoisotopic (exact) mass is 308 g/mol. The van der Waals surface area contributed by atoms with Crippen molar-refractivity contribution in [1.82, 2.24) is 10.1 Å². The van der Waals surface area contributed by atoms with Gasteiger partial charge in [0.05, 0.1) is 0 Å². The number of halogens is 2. The van der Waals surface area contributed by atoms with Crippen molar-refractivity contribution in [3.8, 4) is 0 Å². The number of sulfone groups is 1. The maximum atomic E-state index is 13.0. The molecule has 0 spiro atoms. The zero-order valence-electron chi connectivity index (χ0n) is 11.5. The summed E-state index contributed by atoms with van der Waals surface area (Å²) in [5, 5.41) is 2.90. The highest BCUT2D eigenvalue weighted by molar-refractivity contribution is 7.90. The topological polar surface area (TPSA) is 73.1 Å². The fourth-order valence-electron chi connectivity index (χ4n) is 2.26. The lowest BCUT2D eigenvalue weighted by Crippen LogP contribution is -2.25. The van der Waals surface area contributed by atoms with Crippen molar-refractivity contribution in [1.29, 1.82) is 0 Å². The standard InChI is InChI=1S/C12H18F2N2O3S/c1-8(20(2,17)18)11-15-10(16-19-11)7-9-3-5-12(13,14)6-4-9/h8-9H,3-7H2,1-2H3. The lowest BCUT2D eigenvalue weighted by atomic mass is 9.85. The number of aromatic nitrogens is 2. The Morgan fingerprint density at radius 1 is 1.40 bits per heavy atom. The van der Waals surface area contributed by atoms with Crippen LogP contribution in [0.4, 0.5) is 8.78 Å². The van der Waals surface area contributed by atoms with E-state index in [1.807, 2.05) is 0 Å². The Balaban J connectivity index is 1.97. The van der Waals surface area contributed by atoms with Crippen LogP contribution in [-0.4, -0.2) is 30.7 Å². The highest BCUT2D eigenvalue weighted by Crippen LogP contribution is 2.37. The summed E-state index contributed by atoms with van der Waals surface area (Å²) in [4.78, 5) is 4.06. The van der Waals surface area contributed by atoms with Gasteiger partial charge < -0.3 is 4.52 Å². The molecule has 0 bridgehead atoms. The Kier molecular flexibility index (Phi) is 4.13. The van der Waals surface area contributed by atoms with E-state index in [0.717, 1.165) is 6.26 Å². The molecule has 1 unspecified atom stereocenters. The zero-order chi connectivity index (χ0) is 15.0. The number of rotatable bonds is 4. The molecular weight excluding hydrogens is 290 g/mol. The van der Waals surface area contributed by atoms with E-state index in [0.29, 0.717) is 25.1 Å². The second-order valence-corrected chi connectivity index (χ2v) is 7.89. The third kappa shape index (κ3) is 3.74. The molecule has 20 heavy (non-hydrogen) atoms. The summed E-state index contributed by atoms with van der Waals surface area (Å²) in [6.07, 6.45) is 2.20. The van der Waals surface area contributed by atoms with Crippen LogP contribution in [0.25, 0.3) is 0 Å². The van der Waals surface area contributed by atoms with Crippen LogP contribution in [-0.2, 0) is 16.3 Å². The molecule has 1 fully saturated rings. The molecule has 0 radical (unpaired) electrons. The van der Waals surface area contributed by atoms with E-state index in [1.54, 1.807) is 0 Å². The molecule has 0 N–H and O–H groups in total. The van der Waals surface area contributed by atoms with Crippen molar-refractivity contribution >= 4 is 9.84 Å². The Morgan fingerprint density at radius 3 is 2.55 bits per heavy atom.